The molecule has 0 aromatic heterocycles. The summed E-state index contributed by atoms with van der Waals surface area (Å²) < 4.78 is 32.1. The molecule has 1 heterocycles. The van der Waals surface area contributed by atoms with Crippen molar-refractivity contribution in [1.29, 1.82) is 0 Å². The van der Waals surface area contributed by atoms with E-state index in [0.717, 1.165) is 37.0 Å². The van der Waals surface area contributed by atoms with E-state index < -0.39 is 10.0 Å². The zero-order chi connectivity index (χ0) is 23.1. The zero-order valence-corrected chi connectivity index (χ0v) is 19.6. The van der Waals surface area contributed by atoms with Crippen molar-refractivity contribution >= 4 is 21.6 Å². The molecule has 1 N–H and O–H groups in total. The van der Waals surface area contributed by atoms with Gasteiger partial charge in [-0.3, -0.25) is 4.79 Å². The van der Waals surface area contributed by atoms with Gasteiger partial charge in [-0.15, -0.1) is 0 Å². The Morgan fingerprint density at radius 2 is 1.67 bits per heavy atom. The number of hydrazone groups is 1. The molecule has 2 aromatic carbocycles. The Bertz CT molecular complexity index is 1050. The zero-order valence-electron chi connectivity index (χ0n) is 18.8. The van der Waals surface area contributed by atoms with Crippen LogP contribution < -0.4 is 5.43 Å². The SMILES string of the molecule is O=C(CCc1ccc(S(=O)(=O)N2CCOCC2)cc1)NN=C1CCC(c2ccccc2)CC1. The van der Waals surface area contributed by atoms with Gasteiger partial charge in [0.2, 0.25) is 15.9 Å². The average Bonchev–Trinajstić information content (AvgIpc) is 2.88. The first kappa shape index (κ1) is 23.6. The normalized spacial score (nSPS) is 19.8. The van der Waals surface area contributed by atoms with Gasteiger partial charge >= 0.3 is 0 Å². The number of benzene rings is 2. The summed E-state index contributed by atoms with van der Waals surface area (Å²) in [5.74, 6) is 0.439. The second-order valence-electron chi connectivity index (χ2n) is 8.56. The topological polar surface area (TPSA) is 88.1 Å². The lowest BCUT2D eigenvalue weighted by Crippen LogP contribution is -2.40. The minimum Gasteiger partial charge on any atom is -0.379 e. The van der Waals surface area contributed by atoms with Crippen LogP contribution >= 0.6 is 0 Å². The number of nitrogens with one attached hydrogen (secondary N) is 1. The number of hydrogen-bond donors (Lipinski definition) is 1. The van der Waals surface area contributed by atoms with Gasteiger partial charge in [0.25, 0.3) is 0 Å². The Hall–Kier alpha value is -2.55. The van der Waals surface area contributed by atoms with Gasteiger partial charge in [0.05, 0.1) is 18.1 Å². The Kier molecular flexibility index (Phi) is 7.90. The van der Waals surface area contributed by atoms with Crippen LogP contribution in [0.15, 0.2) is 64.6 Å². The van der Waals surface area contributed by atoms with Crippen LogP contribution in [0.3, 0.4) is 0 Å². The molecule has 2 aliphatic rings. The lowest BCUT2D eigenvalue weighted by Gasteiger charge is -2.26. The molecule has 1 saturated heterocycles. The molecule has 0 bridgehead atoms. The summed E-state index contributed by atoms with van der Waals surface area (Å²) >= 11 is 0. The van der Waals surface area contributed by atoms with Crippen molar-refractivity contribution in [1.82, 2.24) is 9.73 Å². The highest BCUT2D eigenvalue weighted by atomic mass is 32.2. The van der Waals surface area contributed by atoms with Crippen LogP contribution in [0.4, 0.5) is 0 Å². The summed E-state index contributed by atoms with van der Waals surface area (Å²) in [6.45, 7) is 1.59. The van der Waals surface area contributed by atoms with E-state index in [1.165, 1.54) is 9.87 Å². The van der Waals surface area contributed by atoms with Crippen molar-refractivity contribution < 1.29 is 17.9 Å². The van der Waals surface area contributed by atoms with Gasteiger partial charge in [-0.05, 0) is 61.3 Å². The molecule has 1 aliphatic carbocycles. The van der Waals surface area contributed by atoms with Crippen LogP contribution in [0.25, 0.3) is 0 Å². The number of aryl methyl sites for hydroxylation is 1. The molecule has 0 radical (unpaired) electrons. The van der Waals surface area contributed by atoms with Gasteiger partial charge in [-0.2, -0.15) is 9.41 Å². The third-order valence-electron chi connectivity index (χ3n) is 6.34. The van der Waals surface area contributed by atoms with E-state index >= 15 is 0 Å². The molecule has 1 amide bonds. The van der Waals surface area contributed by atoms with Crippen molar-refractivity contribution in [2.24, 2.45) is 5.10 Å². The van der Waals surface area contributed by atoms with E-state index in [2.05, 4.69) is 34.8 Å². The van der Waals surface area contributed by atoms with Gasteiger partial charge in [0, 0.05) is 25.2 Å². The minimum atomic E-state index is -3.50. The van der Waals surface area contributed by atoms with Crippen LogP contribution in [-0.2, 0) is 26.0 Å². The fraction of sp³-hybridized carbons (Fsp3) is 0.440. The number of hydrogen-bond acceptors (Lipinski definition) is 5. The largest absolute Gasteiger partial charge is 0.379 e. The first-order valence-electron chi connectivity index (χ1n) is 11.6. The summed E-state index contributed by atoms with van der Waals surface area (Å²) in [6.07, 6.45) is 4.75. The van der Waals surface area contributed by atoms with Crippen molar-refractivity contribution in [2.75, 3.05) is 26.3 Å². The van der Waals surface area contributed by atoms with E-state index in [9.17, 15) is 13.2 Å². The van der Waals surface area contributed by atoms with Crippen LogP contribution in [-0.4, -0.2) is 50.6 Å². The Morgan fingerprint density at radius 3 is 2.33 bits per heavy atom. The first-order valence-corrected chi connectivity index (χ1v) is 13.0. The molecule has 2 fully saturated rings. The molecule has 0 atom stereocenters. The summed E-state index contributed by atoms with van der Waals surface area (Å²) in [4.78, 5) is 12.5. The van der Waals surface area contributed by atoms with Gasteiger partial charge in [-0.25, -0.2) is 13.8 Å². The molecule has 4 rings (SSSR count). The first-order chi connectivity index (χ1) is 16.0. The second kappa shape index (κ2) is 11.0. The number of carbonyl (C=O) groups is 1. The lowest BCUT2D eigenvalue weighted by molar-refractivity contribution is -0.121. The number of carbonyl (C=O) groups excluding carboxylic acids is 1. The van der Waals surface area contributed by atoms with E-state index in [1.807, 2.05) is 6.07 Å². The Balaban J connectivity index is 1.22. The maximum Gasteiger partial charge on any atom is 0.243 e. The minimum absolute atomic E-state index is 0.127. The summed E-state index contributed by atoms with van der Waals surface area (Å²) in [6, 6.07) is 17.3. The third-order valence-corrected chi connectivity index (χ3v) is 8.26. The Labute approximate surface area is 195 Å². The maximum atomic E-state index is 12.7. The fourth-order valence-electron chi connectivity index (χ4n) is 4.34. The number of morpholine rings is 1. The smallest absolute Gasteiger partial charge is 0.243 e. The van der Waals surface area contributed by atoms with Gasteiger partial charge in [0.1, 0.15) is 0 Å². The molecule has 7 nitrogen and oxygen atoms in total. The molecule has 1 aliphatic heterocycles. The Morgan fingerprint density at radius 1 is 1.00 bits per heavy atom. The predicted molar refractivity (Wildman–Crippen MR) is 128 cm³/mol. The van der Waals surface area contributed by atoms with Gasteiger partial charge in [-0.1, -0.05) is 42.5 Å². The molecule has 8 heteroatoms. The molecule has 2 aromatic rings. The fourth-order valence-corrected chi connectivity index (χ4v) is 5.75. The van der Waals surface area contributed by atoms with E-state index in [1.54, 1.807) is 24.3 Å². The summed E-state index contributed by atoms with van der Waals surface area (Å²) in [7, 11) is -3.50. The quantitative estimate of drug-likeness (QED) is 0.629. The van der Waals surface area contributed by atoms with Crippen LogP contribution in [0, 0.1) is 0 Å². The van der Waals surface area contributed by atoms with Crippen molar-refractivity contribution in [3.8, 4) is 0 Å². The van der Waals surface area contributed by atoms with Gasteiger partial charge in [0.15, 0.2) is 0 Å². The lowest BCUT2D eigenvalue weighted by atomic mass is 9.83. The molecule has 176 valence electrons. The maximum absolute atomic E-state index is 12.7. The van der Waals surface area contributed by atoms with Crippen molar-refractivity contribution in [3.05, 3.63) is 65.7 Å². The third kappa shape index (κ3) is 6.28. The van der Waals surface area contributed by atoms with E-state index in [4.69, 9.17) is 4.74 Å². The van der Waals surface area contributed by atoms with Crippen LogP contribution in [0.5, 0.6) is 0 Å². The molecule has 0 unspecified atom stereocenters. The summed E-state index contributed by atoms with van der Waals surface area (Å²) in [5, 5.41) is 4.34. The molecular formula is C25H31N3O4S. The van der Waals surface area contributed by atoms with E-state index in [-0.39, 0.29) is 10.8 Å². The van der Waals surface area contributed by atoms with Crippen molar-refractivity contribution in [3.63, 3.8) is 0 Å². The number of amides is 1. The van der Waals surface area contributed by atoms with Crippen molar-refractivity contribution in [2.45, 2.75) is 49.3 Å². The molecule has 33 heavy (non-hydrogen) atoms. The average molecular weight is 470 g/mol. The van der Waals surface area contributed by atoms with Crippen LogP contribution in [0.2, 0.25) is 0 Å². The number of ether oxygens (including phenoxy) is 1. The number of sulfonamides is 1. The highest BCUT2D eigenvalue weighted by Gasteiger charge is 2.26. The van der Waals surface area contributed by atoms with Crippen LogP contribution in [0.1, 0.15) is 49.1 Å². The summed E-state index contributed by atoms with van der Waals surface area (Å²) in [5.41, 5.74) is 6.04. The number of nitrogens with zero attached hydrogens (tertiary/aromatic N) is 2. The monoisotopic (exact) mass is 469 g/mol. The molecular weight excluding hydrogens is 438 g/mol. The second-order valence-corrected chi connectivity index (χ2v) is 10.5. The molecule has 1 saturated carbocycles. The number of rotatable bonds is 7. The predicted octanol–water partition coefficient (Wildman–Crippen LogP) is 3.47. The standard InChI is InChI=1S/C25H31N3O4S/c29-25(27-26-23-11-9-22(10-12-23)21-4-2-1-3-5-21)15-8-20-6-13-24(14-7-20)33(30,31)28-16-18-32-19-17-28/h1-7,13-14,22H,8-12,15-19H2,(H,27,29). The highest BCUT2D eigenvalue weighted by Crippen LogP contribution is 2.31. The van der Waals surface area contributed by atoms with E-state index in [0.29, 0.717) is 45.1 Å². The highest BCUT2D eigenvalue weighted by molar-refractivity contribution is 7.89. The molecule has 0 spiro atoms. The van der Waals surface area contributed by atoms with Gasteiger partial charge < -0.3 is 4.74 Å².